The van der Waals surface area contributed by atoms with Gasteiger partial charge in [0.05, 0.1) is 5.41 Å². The van der Waals surface area contributed by atoms with Gasteiger partial charge >= 0.3 is 0 Å². The van der Waals surface area contributed by atoms with E-state index < -0.39 is 11.0 Å². The molecule has 0 atom stereocenters. The first-order valence-electron chi connectivity index (χ1n) is 6.97. The second-order valence-electron chi connectivity index (χ2n) is 7.34. The summed E-state index contributed by atoms with van der Waals surface area (Å²) in [6.45, 7) is 17.9. The van der Waals surface area contributed by atoms with Gasteiger partial charge < -0.3 is 10.6 Å². The molecule has 0 fully saturated rings. The molecule has 0 aromatic heterocycles. The maximum atomic E-state index is 12.7. The fraction of sp³-hybridized carbons (Fsp3) is 0.933. The second-order valence-corrected chi connectivity index (χ2v) is 7.34. The van der Waals surface area contributed by atoms with E-state index in [2.05, 4.69) is 27.7 Å². The molecule has 3 heteroatoms. The van der Waals surface area contributed by atoms with Crippen molar-refractivity contribution in [3.05, 3.63) is 0 Å². The van der Waals surface area contributed by atoms with Crippen LogP contribution >= 0.6 is 0 Å². The Hall–Kier alpha value is -0.570. The molecule has 108 valence electrons. The van der Waals surface area contributed by atoms with Crippen molar-refractivity contribution in [3.63, 3.8) is 0 Å². The highest BCUT2D eigenvalue weighted by Crippen LogP contribution is 2.31. The number of carbonyl (C=O) groups is 1. The van der Waals surface area contributed by atoms with Gasteiger partial charge in [-0.25, -0.2) is 0 Å². The van der Waals surface area contributed by atoms with Gasteiger partial charge in [0, 0.05) is 18.6 Å². The first-order chi connectivity index (χ1) is 7.89. The molecular formula is C15H32N2O. The van der Waals surface area contributed by atoms with Crippen LogP contribution in [0, 0.1) is 17.3 Å². The number of rotatable bonds is 6. The Labute approximate surface area is 113 Å². The van der Waals surface area contributed by atoms with Crippen LogP contribution < -0.4 is 5.73 Å². The van der Waals surface area contributed by atoms with Gasteiger partial charge in [-0.1, -0.05) is 27.7 Å². The van der Waals surface area contributed by atoms with Crippen molar-refractivity contribution in [2.45, 2.75) is 60.9 Å². The summed E-state index contributed by atoms with van der Waals surface area (Å²) in [5.74, 6) is 1.12. The van der Waals surface area contributed by atoms with E-state index in [9.17, 15) is 4.79 Å². The van der Waals surface area contributed by atoms with Crippen LogP contribution in [0.25, 0.3) is 0 Å². The minimum absolute atomic E-state index is 0.164. The third-order valence-electron chi connectivity index (χ3n) is 3.60. The van der Waals surface area contributed by atoms with E-state index in [1.54, 1.807) is 0 Å². The molecule has 0 aliphatic carbocycles. The molecule has 18 heavy (non-hydrogen) atoms. The third-order valence-corrected chi connectivity index (χ3v) is 3.60. The summed E-state index contributed by atoms with van der Waals surface area (Å²) in [5, 5.41) is 0. The van der Waals surface area contributed by atoms with Crippen LogP contribution in [0.3, 0.4) is 0 Å². The highest BCUT2D eigenvalue weighted by molar-refractivity contribution is 5.83. The summed E-state index contributed by atoms with van der Waals surface area (Å²) in [5.41, 5.74) is 5.10. The van der Waals surface area contributed by atoms with Crippen LogP contribution in [-0.4, -0.2) is 29.4 Å². The molecule has 3 nitrogen and oxygen atoms in total. The van der Waals surface area contributed by atoms with Gasteiger partial charge in [0.15, 0.2) is 0 Å². The second kappa shape index (κ2) is 6.05. The minimum Gasteiger partial charge on any atom is -0.342 e. The highest BCUT2D eigenvalue weighted by Gasteiger charge is 2.42. The number of nitrogens with zero attached hydrogens (tertiary/aromatic N) is 1. The zero-order chi connectivity index (χ0) is 14.7. The standard InChI is InChI=1S/C15H32N2O/c1-11(2)9-17(10-12(3)4)13(18)14(5,6)15(7,8)16/h11-12H,9-10,16H2,1-8H3. The number of amides is 1. The van der Waals surface area contributed by atoms with E-state index in [1.165, 1.54) is 0 Å². The zero-order valence-corrected chi connectivity index (χ0v) is 13.5. The molecule has 0 aliphatic heterocycles. The summed E-state index contributed by atoms with van der Waals surface area (Å²) < 4.78 is 0. The molecule has 0 bridgehead atoms. The van der Waals surface area contributed by atoms with Gasteiger partial charge in [0.1, 0.15) is 0 Å². The molecule has 1 amide bonds. The maximum Gasteiger partial charge on any atom is 0.230 e. The van der Waals surface area contributed by atoms with E-state index >= 15 is 0 Å². The largest absolute Gasteiger partial charge is 0.342 e. The van der Waals surface area contributed by atoms with Crippen LogP contribution in [0.1, 0.15) is 55.4 Å². The van der Waals surface area contributed by atoms with Gasteiger partial charge in [-0.05, 0) is 39.5 Å². The van der Waals surface area contributed by atoms with Gasteiger partial charge in [-0.2, -0.15) is 0 Å². The van der Waals surface area contributed by atoms with Crippen LogP contribution in [0.2, 0.25) is 0 Å². The van der Waals surface area contributed by atoms with Crippen LogP contribution in [0.15, 0.2) is 0 Å². The van der Waals surface area contributed by atoms with E-state index in [0.717, 1.165) is 13.1 Å². The zero-order valence-electron chi connectivity index (χ0n) is 13.5. The summed E-state index contributed by atoms with van der Waals surface area (Å²) >= 11 is 0. The van der Waals surface area contributed by atoms with Crippen molar-refractivity contribution in [1.29, 1.82) is 0 Å². The lowest BCUT2D eigenvalue weighted by Gasteiger charge is -2.41. The number of carbonyl (C=O) groups excluding carboxylic acids is 1. The predicted molar refractivity (Wildman–Crippen MR) is 78.3 cm³/mol. The van der Waals surface area contributed by atoms with E-state index in [0.29, 0.717) is 11.8 Å². The molecule has 0 aromatic carbocycles. The molecule has 0 heterocycles. The Morgan fingerprint density at radius 1 is 1.00 bits per heavy atom. The predicted octanol–water partition coefficient (Wildman–Crippen LogP) is 2.89. The lowest BCUT2D eigenvalue weighted by atomic mass is 9.74. The van der Waals surface area contributed by atoms with Crippen molar-refractivity contribution in [2.24, 2.45) is 23.0 Å². The Kier molecular flexibility index (Phi) is 5.86. The Bertz CT molecular complexity index is 265. The summed E-state index contributed by atoms with van der Waals surface area (Å²) in [7, 11) is 0. The molecule has 0 saturated carbocycles. The molecule has 2 N–H and O–H groups in total. The smallest absolute Gasteiger partial charge is 0.230 e. The summed E-state index contributed by atoms with van der Waals surface area (Å²) in [4.78, 5) is 14.7. The topological polar surface area (TPSA) is 46.3 Å². The van der Waals surface area contributed by atoms with Crippen molar-refractivity contribution in [1.82, 2.24) is 4.90 Å². The SMILES string of the molecule is CC(C)CN(CC(C)C)C(=O)C(C)(C)C(C)(C)N. The first-order valence-corrected chi connectivity index (χ1v) is 6.97. The molecule has 0 saturated heterocycles. The third kappa shape index (κ3) is 4.60. The Morgan fingerprint density at radius 3 is 1.56 bits per heavy atom. The van der Waals surface area contributed by atoms with E-state index in [4.69, 9.17) is 5.73 Å². The summed E-state index contributed by atoms with van der Waals surface area (Å²) in [6, 6.07) is 0. The molecular weight excluding hydrogens is 224 g/mol. The summed E-state index contributed by atoms with van der Waals surface area (Å²) in [6.07, 6.45) is 0. The first kappa shape index (κ1) is 17.4. The van der Waals surface area contributed by atoms with Crippen LogP contribution in [-0.2, 0) is 4.79 Å². The minimum atomic E-state index is -0.545. The van der Waals surface area contributed by atoms with Gasteiger partial charge in [-0.3, -0.25) is 4.79 Å². The normalized spacial score (nSPS) is 13.3. The number of nitrogens with two attached hydrogens (primary N) is 1. The average molecular weight is 256 g/mol. The lowest BCUT2D eigenvalue weighted by Crippen LogP contribution is -2.57. The van der Waals surface area contributed by atoms with E-state index in [1.807, 2.05) is 32.6 Å². The number of hydrogen-bond acceptors (Lipinski definition) is 2. The molecule has 0 spiro atoms. The highest BCUT2D eigenvalue weighted by atomic mass is 16.2. The van der Waals surface area contributed by atoms with Crippen molar-refractivity contribution in [3.8, 4) is 0 Å². The van der Waals surface area contributed by atoms with Gasteiger partial charge in [-0.15, -0.1) is 0 Å². The van der Waals surface area contributed by atoms with Gasteiger partial charge in [0.25, 0.3) is 0 Å². The molecule has 0 aromatic rings. The van der Waals surface area contributed by atoms with Crippen molar-refractivity contribution < 1.29 is 4.79 Å². The molecule has 0 aliphatic rings. The molecule has 0 radical (unpaired) electrons. The Balaban J connectivity index is 5.06. The van der Waals surface area contributed by atoms with E-state index in [-0.39, 0.29) is 5.91 Å². The monoisotopic (exact) mass is 256 g/mol. The van der Waals surface area contributed by atoms with Crippen LogP contribution in [0.5, 0.6) is 0 Å². The number of hydrogen-bond donors (Lipinski definition) is 1. The maximum absolute atomic E-state index is 12.7. The molecule has 0 rings (SSSR count). The quantitative estimate of drug-likeness (QED) is 0.794. The Morgan fingerprint density at radius 2 is 1.33 bits per heavy atom. The van der Waals surface area contributed by atoms with Gasteiger partial charge in [0.2, 0.25) is 5.91 Å². The van der Waals surface area contributed by atoms with Crippen molar-refractivity contribution >= 4 is 5.91 Å². The average Bonchev–Trinajstić information content (AvgIpc) is 2.12. The van der Waals surface area contributed by atoms with Crippen molar-refractivity contribution in [2.75, 3.05) is 13.1 Å². The van der Waals surface area contributed by atoms with Crippen LogP contribution in [0.4, 0.5) is 0 Å². The molecule has 0 unspecified atom stereocenters. The lowest BCUT2D eigenvalue weighted by molar-refractivity contribution is -0.144. The fourth-order valence-electron chi connectivity index (χ4n) is 1.79. The fourth-order valence-corrected chi connectivity index (χ4v) is 1.79.